The Labute approximate surface area is 242 Å². The van der Waals surface area contributed by atoms with Gasteiger partial charge in [-0.2, -0.15) is 16.9 Å². The molecule has 41 heavy (non-hydrogen) atoms. The summed E-state index contributed by atoms with van der Waals surface area (Å²) >= 11 is 1.61. The van der Waals surface area contributed by atoms with Gasteiger partial charge in [-0.15, -0.1) is 0 Å². The normalized spacial score (nSPS) is 14.5. The molecule has 0 bridgehead atoms. The van der Waals surface area contributed by atoms with Crippen molar-refractivity contribution in [2.45, 2.75) is 38.3 Å². The Morgan fingerprint density at radius 1 is 1.15 bits per heavy atom. The number of benzene rings is 1. The fourth-order valence-electron chi connectivity index (χ4n) is 5.07. The quantitative estimate of drug-likeness (QED) is 0.266. The third-order valence-corrected chi connectivity index (χ3v) is 7.58. The predicted octanol–water partition coefficient (Wildman–Crippen LogP) is 3.76. The zero-order valence-electron chi connectivity index (χ0n) is 23.8. The number of aromatic amines is 1. The van der Waals surface area contributed by atoms with Crippen LogP contribution >= 0.6 is 11.8 Å². The molecule has 0 saturated carbocycles. The average Bonchev–Trinajstić information content (AvgIpc) is 3.36. The van der Waals surface area contributed by atoms with Crippen LogP contribution in [0.1, 0.15) is 36.9 Å². The summed E-state index contributed by atoms with van der Waals surface area (Å²) in [5.74, 6) is 1.63. The number of ether oxygens (including phenoxy) is 3. The van der Waals surface area contributed by atoms with Crippen molar-refractivity contribution in [3.8, 4) is 28.4 Å². The number of hydrogen-bond donors (Lipinski definition) is 4. The summed E-state index contributed by atoms with van der Waals surface area (Å²) in [6, 6.07) is 5.83. The number of nitrogens with one attached hydrogen (secondary N) is 4. The zero-order chi connectivity index (χ0) is 29.5. The van der Waals surface area contributed by atoms with Crippen molar-refractivity contribution in [2.24, 2.45) is 0 Å². The number of H-pyrrole nitrogens is 1. The molecule has 0 aliphatic heterocycles. The molecule has 4 N–H and O–H groups in total. The molecule has 0 fully saturated rings. The van der Waals surface area contributed by atoms with E-state index in [4.69, 9.17) is 14.2 Å². The second-order valence-electron chi connectivity index (χ2n) is 9.55. The van der Waals surface area contributed by atoms with E-state index >= 15 is 0 Å². The molecule has 1 heterocycles. The highest BCUT2D eigenvalue weighted by atomic mass is 32.2. The first-order valence-electron chi connectivity index (χ1n) is 13.1. The predicted molar refractivity (Wildman–Crippen MR) is 160 cm³/mol. The summed E-state index contributed by atoms with van der Waals surface area (Å²) < 4.78 is 17.1. The van der Waals surface area contributed by atoms with Crippen molar-refractivity contribution in [1.82, 2.24) is 15.5 Å². The number of carbonyl (C=O) groups is 2. The summed E-state index contributed by atoms with van der Waals surface area (Å²) in [6.07, 6.45) is 6.69. The van der Waals surface area contributed by atoms with Gasteiger partial charge in [0.15, 0.2) is 11.5 Å². The molecule has 0 saturated heterocycles. The maximum atomic E-state index is 13.7. The molecule has 2 amide bonds. The topological polar surface area (TPSA) is 144 Å². The van der Waals surface area contributed by atoms with Crippen LogP contribution in [0.2, 0.25) is 0 Å². The molecule has 0 radical (unpaired) electrons. The summed E-state index contributed by atoms with van der Waals surface area (Å²) in [4.78, 5) is 39.0. The SMILES string of the molecule is COc1cc2c(c(OC)c1OC)-c1ccc(N[C@@H](CCSC)C(=O)Nc3cn[nH]c3)c(=O)cc1[C@@H](NC(C)=O)CC2. The number of aryl methyl sites for hydroxylation is 1. The highest BCUT2D eigenvalue weighted by molar-refractivity contribution is 7.98. The van der Waals surface area contributed by atoms with Gasteiger partial charge >= 0.3 is 0 Å². The molecule has 11 nitrogen and oxygen atoms in total. The van der Waals surface area contributed by atoms with E-state index in [1.54, 1.807) is 38.2 Å². The van der Waals surface area contributed by atoms with Gasteiger partial charge < -0.3 is 30.2 Å². The fraction of sp³-hybridized carbons (Fsp3) is 0.379. The maximum Gasteiger partial charge on any atom is 0.246 e. The van der Waals surface area contributed by atoms with Crippen molar-refractivity contribution in [2.75, 3.05) is 44.0 Å². The third kappa shape index (κ3) is 6.59. The molecule has 4 rings (SSSR count). The molecular weight excluding hydrogens is 546 g/mol. The lowest BCUT2D eigenvalue weighted by Gasteiger charge is -2.19. The van der Waals surface area contributed by atoms with Gasteiger partial charge in [-0.1, -0.05) is 6.07 Å². The van der Waals surface area contributed by atoms with Crippen LogP contribution in [0.3, 0.4) is 0 Å². The average molecular weight is 582 g/mol. The van der Waals surface area contributed by atoms with Gasteiger partial charge in [0.1, 0.15) is 6.04 Å². The molecule has 0 spiro atoms. The Bertz CT molecular complexity index is 1460. The Hall–Kier alpha value is -4.19. The summed E-state index contributed by atoms with van der Waals surface area (Å²) in [6.45, 7) is 1.45. The van der Waals surface area contributed by atoms with E-state index in [2.05, 4.69) is 26.1 Å². The Balaban J connectivity index is 1.86. The highest BCUT2D eigenvalue weighted by Gasteiger charge is 2.30. The number of carbonyl (C=O) groups excluding carboxylic acids is 2. The van der Waals surface area contributed by atoms with Gasteiger partial charge in [-0.05, 0) is 66.2 Å². The van der Waals surface area contributed by atoms with Gasteiger partial charge in [0.25, 0.3) is 0 Å². The number of methoxy groups -OCH3 is 3. The second-order valence-corrected chi connectivity index (χ2v) is 10.5. The van der Waals surface area contributed by atoms with E-state index in [0.29, 0.717) is 59.1 Å². The molecule has 12 heteroatoms. The summed E-state index contributed by atoms with van der Waals surface area (Å²) in [5.41, 5.74) is 3.52. The van der Waals surface area contributed by atoms with Crippen molar-refractivity contribution in [1.29, 1.82) is 0 Å². The van der Waals surface area contributed by atoms with Gasteiger partial charge in [0.2, 0.25) is 23.0 Å². The minimum atomic E-state index is -0.676. The van der Waals surface area contributed by atoms with Crippen molar-refractivity contribution < 1.29 is 23.8 Å². The van der Waals surface area contributed by atoms with Gasteiger partial charge in [-0.25, -0.2) is 0 Å². The Morgan fingerprint density at radius 2 is 1.93 bits per heavy atom. The standard InChI is InChI=1S/C29H35N5O6S/c1-16(35)32-21-8-6-17-12-25(38-2)27(39-3)28(40-4)26(17)19-7-9-22(24(36)13-20(19)21)34-23(10-11-41-5)29(37)33-18-14-30-31-15-18/h7,9,12-15,21,23H,6,8,10-11H2,1-5H3,(H,30,31)(H,32,35)(H,33,37)(H,34,36)/t21-,23-/m0/s1. The summed E-state index contributed by atoms with van der Waals surface area (Å²) in [5, 5.41) is 15.5. The Kier molecular flexibility index (Phi) is 9.77. The molecule has 3 aromatic rings. The third-order valence-electron chi connectivity index (χ3n) is 6.94. The first kappa shape index (κ1) is 29.8. The number of rotatable bonds is 11. The van der Waals surface area contributed by atoms with Crippen LogP contribution in [0.4, 0.5) is 11.4 Å². The van der Waals surface area contributed by atoms with Crippen molar-refractivity contribution in [3.63, 3.8) is 0 Å². The van der Waals surface area contributed by atoms with E-state index < -0.39 is 12.1 Å². The molecule has 2 atom stereocenters. The number of anilines is 2. The lowest BCUT2D eigenvalue weighted by molar-refractivity contribution is -0.120. The number of fused-ring (bicyclic) bond motifs is 3. The van der Waals surface area contributed by atoms with Gasteiger partial charge in [0.05, 0.1) is 44.9 Å². The Morgan fingerprint density at radius 3 is 2.56 bits per heavy atom. The van der Waals surface area contributed by atoms with E-state index in [1.807, 2.05) is 18.4 Å². The highest BCUT2D eigenvalue weighted by Crippen LogP contribution is 2.50. The molecule has 218 valence electrons. The van der Waals surface area contributed by atoms with E-state index in [0.717, 1.165) is 11.1 Å². The van der Waals surface area contributed by atoms with E-state index in [9.17, 15) is 14.4 Å². The number of nitrogens with zero attached hydrogens (tertiary/aromatic N) is 1. The largest absolute Gasteiger partial charge is 0.493 e. The van der Waals surface area contributed by atoms with Crippen LogP contribution in [0.15, 0.2) is 41.5 Å². The zero-order valence-corrected chi connectivity index (χ0v) is 24.6. The van der Waals surface area contributed by atoms with Crippen LogP contribution in [-0.2, 0) is 16.0 Å². The minimum absolute atomic E-state index is 0.209. The molecular formula is C29H35N5O6S. The smallest absolute Gasteiger partial charge is 0.246 e. The van der Waals surface area contributed by atoms with Crippen LogP contribution in [0.5, 0.6) is 17.2 Å². The first-order chi connectivity index (χ1) is 19.8. The second kappa shape index (κ2) is 13.4. The molecule has 1 aromatic heterocycles. The molecule has 0 unspecified atom stereocenters. The monoisotopic (exact) mass is 581 g/mol. The van der Waals surface area contributed by atoms with Crippen molar-refractivity contribution >= 4 is 35.0 Å². The van der Waals surface area contributed by atoms with E-state index in [1.165, 1.54) is 26.3 Å². The van der Waals surface area contributed by atoms with Crippen LogP contribution in [0, 0.1) is 0 Å². The fourth-order valence-corrected chi connectivity index (χ4v) is 5.54. The lowest BCUT2D eigenvalue weighted by atomic mass is 9.95. The number of aromatic nitrogens is 2. The number of hydrogen-bond acceptors (Lipinski definition) is 9. The van der Waals surface area contributed by atoms with E-state index in [-0.39, 0.29) is 22.9 Å². The lowest BCUT2D eigenvalue weighted by Crippen LogP contribution is -2.36. The van der Waals surface area contributed by atoms with Crippen LogP contribution < -0.4 is 35.6 Å². The van der Waals surface area contributed by atoms with Gasteiger partial charge in [0, 0.05) is 18.7 Å². The minimum Gasteiger partial charge on any atom is -0.493 e. The molecule has 1 aliphatic rings. The maximum absolute atomic E-state index is 13.7. The number of thioether (sulfide) groups is 1. The molecule has 1 aliphatic carbocycles. The van der Waals surface area contributed by atoms with Crippen molar-refractivity contribution in [3.05, 3.63) is 58.0 Å². The molecule has 2 aromatic carbocycles. The van der Waals surface area contributed by atoms with Crippen LogP contribution in [-0.4, -0.2) is 61.4 Å². The van der Waals surface area contributed by atoms with Gasteiger partial charge in [-0.3, -0.25) is 19.5 Å². The van der Waals surface area contributed by atoms with Crippen LogP contribution in [0.25, 0.3) is 11.1 Å². The summed E-state index contributed by atoms with van der Waals surface area (Å²) in [7, 11) is 4.65. The number of amides is 2. The first-order valence-corrected chi connectivity index (χ1v) is 14.5.